The van der Waals surface area contributed by atoms with Crippen LogP contribution < -0.4 is 10.6 Å². The van der Waals surface area contributed by atoms with Crippen molar-refractivity contribution >= 4 is 27.5 Å². The van der Waals surface area contributed by atoms with Gasteiger partial charge in [0.05, 0.1) is 16.8 Å². The number of nitrogens with zero attached hydrogens (tertiary/aromatic N) is 1. The van der Waals surface area contributed by atoms with Crippen molar-refractivity contribution in [3.05, 3.63) is 22.4 Å². The zero-order chi connectivity index (χ0) is 14.6. The number of nitrogens with one attached hydrogen (secondary N) is 2. The van der Waals surface area contributed by atoms with E-state index in [-0.39, 0.29) is 11.3 Å². The summed E-state index contributed by atoms with van der Waals surface area (Å²) < 4.78 is 0.788. The average Bonchev–Trinajstić information content (AvgIpc) is 2.43. The van der Waals surface area contributed by atoms with Gasteiger partial charge < -0.3 is 10.6 Å². The summed E-state index contributed by atoms with van der Waals surface area (Å²) in [6.45, 7) is 5.83. The number of rotatable bonds is 4. The maximum absolute atomic E-state index is 12.7. The standard InChI is InChI=1S/C15H22BrN3O/c1-3-7-15(8-4-9-17-10-15)14(20)19-12-5-6-13(16)18-11(12)2/h5-6,17H,3-4,7-10H2,1-2H3,(H,19,20). The Kier molecular flexibility index (Phi) is 5.16. The topological polar surface area (TPSA) is 54.0 Å². The van der Waals surface area contributed by atoms with Crippen molar-refractivity contribution in [3.8, 4) is 0 Å². The van der Waals surface area contributed by atoms with Crippen LogP contribution in [0.3, 0.4) is 0 Å². The molecule has 110 valence electrons. The van der Waals surface area contributed by atoms with Gasteiger partial charge in [-0.05, 0) is 60.8 Å². The van der Waals surface area contributed by atoms with Crippen LogP contribution in [0.4, 0.5) is 5.69 Å². The van der Waals surface area contributed by atoms with Crippen LogP contribution in [0.1, 0.15) is 38.3 Å². The number of hydrogen-bond acceptors (Lipinski definition) is 3. The van der Waals surface area contributed by atoms with Crippen molar-refractivity contribution in [2.24, 2.45) is 5.41 Å². The molecule has 0 saturated carbocycles. The highest BCUT2D eigenvalue weighted by molar-refractivity contribution is 9.10. The number of aromatic nitrogens is 1. The van der Waals surface area contributed by atoms with Gasteiger partial charge in [0, 0.05) is 6.54 Å². The maximum atomic E-state index is 12.7. The van der Waals surface area contributed by atoms with Gasteiger partial charge in [-0.25, -0.2) is 4.98 Å². The fraction of sp³-hybridized carbons (Fsp3) is 0.600. The lowest BCUT2D eigenvalue weighted by molar-refractivity contribution is -0.127. The van der Waals surface area contributed by atoms with Crippen LogP contribution in [0.5, 0.6) is 0 Å². The highest BCUT2D eigenvalue weighted by Crippen LogP contribution is 2.33. The van der Waals surface area contributed by atoms with E-state index in [4.69, 9.17) is 0 Å². The van der Waals surface area contributed by atoms with E-state index < -0.39 is 0 Å². The monoisotopic (exact) mass is 339 g/mol. The van der Waals surface area contributed by atoms with E-state index in [1.54, 1.807) is 0 Å². The third-order valence-corrected chi connectivity index (χ3v) is 4.42. The first kappa shape index (κ1) is 15.4. The van der Waals surface area contributed by atoms with E-state index in [0.29, 0.717) is 0 Å². The van der Waals surface area contributed by atoms with Crippen molar-refractivity contribution in [2.45, 2.75) is 39.5 Å². The summed E-state index contributed by atoms with van der Waals surface area (Å²) >= 11 is 3.34. The second kappa shape index (κ2) is 6.68. The van der Waals surface area contributed by atoms with Gasteiger partial charge >= 0.3 is 0 Å². The Bertz CT molecular complexity index is 478. The van der Waals surface area contributed by atoms with E-state index in [1.807, 2.05) is 19.1 Å². The third kappa shape index (κ3) is 3.38. The lowest BCUT2D eigenvalue weighted by Crippen LogP contribution is -2.48. The van der Waals surface area contributed by atoms with E-state index in [2.05, 4.69) is 38.5 Å². The van der Waals surface area contributed by atoms with E-state index in [9.17, 15) is 4.79 Å². The number of pyridine rings is 1. The van der Waals surface area contributed by atoms with Crippen LogP contribution >= 0.6 is 15.9 Å². The predicted octanol–water partition coefficient (Wildman–Crippen LogP) is 3.26. The first-order chi connectivity index (χ1) is 9.57. The molecule has 1 aliphatic heterocycles. The van der Waals surface area contributed by atoms with Crippen molar-refractivity contribution in [3.63, 3.8) is 0 Å². The zero-order valence-electron chi connectivity index (χ0n) is 12.1. The normalized spacial score (nSPS) is 22.6. The minimum absolute atomic E-state index is 0.124. The van der Waals surface area contributed by atoms with Crippen LogP contribution in [0, 0.1) is 12.3 Å². The molecule has 0 aromatic carbocycles. The van der Waals surface area contributed by atoms with Gasteiger partial charge in [0.25, 0.3) is 0 Å². The molecule has 1 aromatic heterocycles. The number of aryl methyl sites for hydroxylation is 1. The third-order valence-electron chi connectivity index (χ3n) is 3.98. The van der Waals surface area contributed by atoms with Crippen molar-refractivity contribution in [1.29, 1.82) is 0 Å². The second-order valence-electron chi connectivity index (χ2n) is 5.53. The van der Waals surface area contributed by atoms with Crippen molar-refractivity contribution in [2.75, 3.05) is 18.4 Å². The number of amides is 1. The number of carbonyl (C=O) groups excluding carboxylic acids is 1. The number of anilines is 1. The Morgan fingerprint density at radius 1 is 1.55 bits per heavy atom. The highest BCUT2D eigenvalue weighted by atomic mass is 79.9. The molecule has 0 bridgehead atoms. The first-order valence-corrected chi connectivity index (χ1v) is 8.02. The summed E-state index contributed by atoms with van der Waals surface area (Å²) in [7, 11) is 0. The fourth-order valence-electron chi connectivity index (χ4n) is 2.88. The summed E-state index contributed by atoms with van der Waals surface area (Å²) in [6.07, 6.45) is 3.97. The van der Waals surface area contributed by atoms with E-state index in [1.165, 1.54) is 0 Å². The van der Waals surface area contributed by atoms with Gasteiger partial charge in [-0.1, -0.05) is 13.3 Å². The fourth-order valence-corrected chi connectivity index (χ4v) is 3.28. The van der Waals surface area contributed by atoms with E-state index >= 15 is 0 Å². The molecule has 0 aliphatic carbocycles. The van der Waals surface area contributed by atoms with Gasteiger partial charge in [-0.2, -0.15) is 0 Å². The summed E-state index contributed by atoms with van der Waals surface area (Å²) in [4.78, 5) is 17.1. The summed E-state index contributed by atoms with van der Waals surface area (Å²) in [5.41, 5.74) is 1.37. The average molecular weight is 340 g/mol. The van der Waals surface area contributed by atoms with Crippen molar-refractivity contribution < 1.29 is 4.79 Å². The molecule has 1 atom stereocenters. The van der Waals surface area contributed by atoms with Gasteiger partial charge in [0.2, 0.25) is 5.91 Å². The molecule has 1 unspecified atom stereocenters. The van der Waals surface area contributed by atoms with Gasteiger partial charge in [0.1, 0.15) is 4.60 Å². The molecule has 5 heteroatoms. The van der Waals surface area contributed by atoms with Gasteiger partial charge in [-0.3, -0.25) is 4.79 Å². The molecule has 2 N–H and O–H groups in total. The molecule has 20 heavy (non-hydrogen) atoms. The number of carbonyl (C=O) groups is 1. The number of piperidine rings is 1. The molecule has 1 saturated heterocycles. The van der Waals surface area contributed by atoms with Gasteiger partial charge in [0.15, 0.2) is 0 Å². The summed E-state index contributed by atoms with van der Waals surface area (Å²) in [5, 5.41) is 6.44. The molecular weight excluding hydrogens is 318 g/mol. The van der Waals surface area contributed by atoms with Crippen LogP contribution in [0.25, 0.3) is 0 Å². The predicted molar refractivity (Wildman–Crippen MR) is 84.7 cm³/mol. The Labute approximate surface area is 128 Å². The smallest absolute Gasteiger partial charge is 0.231 e. The Morgan fingerprint density at radius 2 is 2.35 bits per heavy atom. The second-order valence-corrected chi connectivity index (χ2v) is 6.34. The van der Waals surface area contributed by atoms with Crippen LogP contribution in [0.15, 0.2) is 16.7 Å². The Balaban J connectivity index is 2.15. The zero-order valence-corrected chi connectivity index (χ0v) is 13.7. The molecule has 1 fully saturated rings. The molecule has 1 aromatic rings. The molecule has 0 radical (unpaired) electrons. The first-order valence-electron chi connectivity index (χ1n) is 7.23. The maximum Gasteiger partial charge on any atom is 0.231 e. The largest absolute Gasteiger partial charge is 0.324 e. The minimum Gasteiger partial charge on any atom is -0.324 e. The van der Waals surface area contributed by atoms with Gasteiger partial charge in [-0.15, -0.1) is 0 Å². The SMILES string of the molecule is CCCC1(C(=O)Nc2ccc(Br)nc2C)CCCNC1. The summed E-state index contributed by atoms with van der Waals surface area (Å²) in [6, 6.07) is 3.76. The van der Waals surface area contributed by atoms with Crippen LogP contribution in [-0.2, 0) is 4.79 Å². The van der Waals surface area contributed by atoms with Crippen LogP contribution in [-0.4, -0.2) is 24.0 Å². The number of halogens is 1. The molecule has 1 aliphatic rings. The molecule has 2 rings (SSSR count). The molecule has 4 nitrogen and oxygen atoms in total. The Morgan fingerprint density at radius 3 is 2.95 bits per heavy atom. The quantitative estimate of drug-likeness (QED) is 0.828. The highest BCUT2D eigenvalue weighted by Gasteiger charge is 2.38. The van der Waals surface area contributed by atoms with Crippen molar-refractivity contribution in [1.82, 2.24) is 10.3 Å². The lowest BCUT2D eigenvalue weighted by atomic mass is 9.76. The molecule has 0 spiro atoms. The molecule has 2 heterocycles. The minimum atomic E-state index is -0.271. The number of hydrogen-bond donors (Lipinski definition) is 2. The Hall–Kier alpha value is -0.940. The molecular formula is C15H22BrN3O. The van der Waals surface area contributed by atoms with E-state index in [0.717, 1.165) is 54.8 Å². The van der Waals surface area contributed by atoms with Crippen LogP contribution in [0.2, 0.25) is 0 Å². The lowest BCUT2D eigenvalue weighted by Gasteiger charge is -2.36. The molecule has 1 amide bonds. The summed E-state index contributed by atoms with van der Waals surface area (Å²) in [5.74, 6) is 0.124.